The van der Waals surface area contributed by atoms with Crippen LogP contribution in [0.15, 0.2) is 84.9 Å². The molecular weight excluding hydrogens is 424 g/mol. The van der Waals surface area contributed by atoms with Gasteiger partial charge in [-0.25, -0.2) is 4.79 Å². The number of fused-ring (bicyclic) bond motifs is 2. The maximum atomic E-state index is 11.6. The molecule has 1 unspecified atom stereocenters. The second kappa shape index (κ2) is 9.20. The maximum absolute atomic E-state index is 11.6. The van der Waals surface area contributed by atoms with Crippen molar-refractivity contribution >= 4 is 28.1 Å². The minimum absolute atomic E-state index is 0.0970. The van der Waals surface area contributed by atoms with Gasteiger partial charge in [-0.1, -0.05) is 60.7 Å². The number of aryl methyl sites for hydroxylation is 1. The number of carboxylic acid groups (broad SMARTS) is 1. The summed E-state index contributed by atoms with van der Waals surface area (Å²) in [7, 11) is 0. The molecular formula is C29H28N2O3. The molecule has 2 N–H and O–H groups in total. The normalized spacial score (nSPS) is 16.1. The monoisotopic (exact) mass is 452 g/mol. The molecule has 2 atom stereocenters. The molecule has 0 saturated heterocycles. The van der Waals surface area contributed by atoms with Crippen LogP contribution >= 0.6 is 0 Å². The zero-order chi connectivity index (χ0) is 23.7. The van der Waals surface area contributed by atoms with Gasteiger partial charge in [0.15, 0.2) is 0 Å². The number of anilines is 2. The zero-order valence-corrected chi connectivity index (χ0v) is 19.4. The van der Waals surface area contributed by atoms with E-state index in [1.54, 1.807) is 12.1 Å². The summed E-state index contributed by atoms with van der Waals surface area (Å²) in [5.41, 5.74) is 4.41. The Balaban J connectivity index is 1.40. The van der Waals surface area contributed by atoms with Gasteiger partial charge in [0.05, 0.1) is 17.8 Å². The molecule has 0 aliphatic carbocycles. The fourth-order valence-electron chi connectivity index (χ4n) is 4.71. The van der Waals surface area contributed by atoms with E-state index < -0.39 is 5.97 Å². The van der Waals surface area contributed by atoms with Crippen LogP contribution in [0, 0.1) is 6.92 Å². The van der Waals surface area contributed by atoms with E-state index in [1.165, 1.54) is 16.3 Å². The topological polar surface area (TPSA) is 61.8 Å². The number of ether oxygens (including phenoxy) is 1. The lowest BCUT2D eigenvalue weighted by molar-refractivity contribution is 0.0697. The van der Waals surface area contributed by atoms with Crippen LogP contribution in [0.4, 0.5) is 11.4 Å². The van der Waals surface area contributed by atoms with Crippen molar-refractivity contribution in [1.29, 1.82) is 0 Å². The molecule has 1 aliphatic heterocycles. The molecule has 172 valence electrons. The molecule has 5 heteroatoms. The number of nitrogens with zero attached hydrogens (tertiary/aromatic N) is 1. The lowest BCUT2D eigenvalue weighted by Gasteiger charge is -2.37. The minimum atomic E-state index is -0.926. The first-order valence-corrected chi connectivity index (χ1v) is 11.6. The first-order valence-electron chi connectivity index (χ1n) is 11.6. The first kappa shape index (κ1) is 22.0. The van der Waals surface area contributed by atoms with E-state index in [-0.39, 0.29) is 17.7 Å². The largest absolute Gasteiger partial charge is 0.485 e. The Bertz CT molecular complexity index is 1350. The zero-order valence-electron chi connectivity index (χ0n) is 19.4. The summed E-state index contributed by atoms with van der Waals surface area (Å²) in [6.45, 7) is 5.47. The van der Waals surface area contributed by atoms with E-state index in [4.69, 9.17) is 4.74 Å². The van der Waals surface area contributed by atoms with Crippen LogP contribution in [0.1, 0.15) is 34.5 Å². The smallest absolute Gasteiger partial charge is 0.335 e. The van der Waals surface area contributed by atoms with Gasteiger partial charge in [-0.2, -0.15) is 0 Å². The lowest BCUT2D eigenvalue weighted by atomic mass is 9.99. The third-order valence-corrected chi connectivity index (χ3v) is 6.52. The molecule has 0 radical (unpaired) electrons. The standard InChI is InChI=1S/C29H28N2O3/c1-19-14-15-22(29(32)33)16-27(19)31-18-23(34-28-13-6-5-12-26(28)31)17-30-20(2)24-11-7-9-21-8-3-4-10-25(21)24/h3-16,20,23,30H,17-18H2,1-2H3,(H,32,33)/t20-,23?/m1/s1. The minimum Gasteiger partial charge on any atom is -0.485 e. The van der Waals surface area contributed by atoms with Crippen molar-refractivity contribution in [2.24, 2.45) is 0 Å². The molecule has 4 aromatic carbocycles. The molecule has 5 rings (SSSR count). The SMILES string of the molecule is Cc1ccc(C(=O)O)cc1N1CC(CN[C@H](C)c2cccc3ccccc23)Oc2ccccc21. The summed E-state index contributed by atoms with van der Waals surface area (Å²) in [6.07, 6.45) is -0.0970. The number of para-hydroxylation sites is 2. The molecule has 5 nitrogen and oxygen atoms in total. The Morgan fingerprint density at radius 3 is 2.65 bits per heavy atom. The van der Waals surface area contributed by atoms with E-state index in [9.17, 15) is 9.90 Å². The van der Waals surface area contributed by atoms with Crippen LogP contribution in [-0.2, 0) is 0 Å². The summed E-state index contributed by atoms with van der Waals surface area (Å²) in [5.74, 6) is -0.122. The number of benzene rings is 4. The Morgan fingerprint density at radius 2 is 1.79 bits per heavy atom. The van der Waals surface area contributed by atoms with Crippen molar-refractivity contribution in [2.75, 3.05) is 18.0 Å². The van der Waals surface area contributed by atoms with Gasteiger partial charge in [-0.3, -0.25) is 0 Å². The number of carboxylic acids is 1. The van der Waals surface area contributed by atoms with Gasteiger partial charge in [-0.05, 0) is 60.0 Å². The predicted octanol–water partition coefficient (Wildman–Crippen LogP) is 6.10. The van der Waals surface area contributed by atoms with E-state index in [2.05, 4.69) is 59.6 Å². The maximum Gasteiger partial charge on any atom is 0.335 e. The third kappa shape index (κ3) is 4.22. The van der Waals surface area contributed by atoms with E-state index in [1.807, 2.05) is 37.3 Å². The highest BCUT2D eigenvalue weighted by molar-refractivity contribution is 5.90. The molecule has 0 aromatic heterocycles. The summed E-state index contributed by atoms with van der Waals surface area (Å²) in [5, 5.41) is 15.7. The molecule has 0 spiro atoms. The molecule has 1 heterocycles. The van der Waals surface area contributed by atoms with Crippen LogP contribution in [0.25, 0.3) is 10.8 Å². The molecule has 0 fully saturated rings. The highest BCUT2D eigenvalue weighted by atomic mass is 16.5. The Labute approximate surface area is 199 Å². The van der Waals surface area contributed by atoms with Gasteiger partial charge in [-0.15, -0.1) is 0 Å². The fourth-order valence-corrected chi connectivity index (χ4v) is 4.71. The molecule has 1 aliphatic rings. The van der Waals surface area contributed by atoms with Gasteiger partial charge in [0, 0.05) is 18.3 Å². The fraction of sp³-hybridized carbons (Fsp3) is 0.207. The van der Waals surface area contributed by atoms with Gasteiger partial charge in [0.25, 0.3) is 0 Å². The number of hydrogen-bond donors (Lipinski definition) is 2. The number of carbonyl (C=O) groups is 1. The van der Waals surface area contributed by atoms with Crippen molar-refractivity contribution in [3.8, 4) is 5.75 Å². The highest BCUT2D eigenvalue weighted by Crippen LogP contribution is 2.39. The van der Waals surface area contributed by atoms with Crippen LogP contribution in [-0.4, -0.2) is 30.3 Å². The number of rotatable bonds is 6. The summed E-state index contributed by atoms with van der Waals surface area (Å²) < 4.78 is 6.35. The first-order chi connectivity index (χ1) is 16.5. The number of nitrogens with one attached hydrogen (secondary N) is 1. The number of aromatic carboxylic acids is 1. The van der Waals surface area contributed by atoms with Gasteiger partial charge < -0.3 is 20.1 Å². The Hall–Kier alpha value is -3.83. The summed E-state index contributed by atoms with van der Waals surface area (Å²) in [4.78, 5) is 13.8. The average molecular weight is 453 g/mol. The van der Waals surface area contributed by atoms with E-state index in [0.717, 1.165) is 22.7 Å². The van der Waals surface area contributed by atoms with Gasteiger partial charge in [0.1, 0.15) is 11.9 Å². The van der Waals surface area contributed by atoms with Crippen molar-refractivity contribution in [3.63, 3.8) is 0 Å². The van der Waals surface area contributed by atoms with Gasteiger partial charge in [0.2, 0.25) is 0 Å². The molecule has 0 saturated carbocycles. The summed E-state index contributed by atoms with van der Waals surface area (Å²) >= 11 is 0. The Kier molecular flexibility index (Phi) is 5.95. The van der Waals surface area contributed by atoms with Crippen LogP contribution in [0.5, 0.6) is 5.75 Å². The molecule has 4 aromatic rings. The number of hydrogen-bond acceptors (Lipinski definition) is 4. The quantitative estimate of drug-likeness (QED) is 0.370. The Morgan fingerprint density at radius 1 is 1.03 bits per heavy atom. The highest BCUT2D eigenvalue weighted by Gasteiger charge is 2.28. The predicted molar refractivity (Wildman–Crippen MR) is 136 cm³/mol. The second-order valence-electron chi connectivity index (χ2n) is 8.82. The van der Waals surface area contributed by atoms with Crippen molar-refractivity contribution in [1.82, 2.24) is 5.32 Å². The lowest BCUT2D eigenvalue weighted by Crippen LogP contribution is -2.44. The second-order valence-corrected chi connectivity index (χ2v) is 8.82. The van der Waals surface area contributed by atoms with Crippen LogP contribution < -0.4 is 15.0 Å². The molecule has 0 bridgehead atoms. The molecule has 34 heavy (non-hydrogen) atoms. The van der Waals surface area contributed by atoms with Gasteiger partial charge >= 0.3 is 5.97 Å². The van der Waals surface area contributed by atoms with Crippen molar-refractivity contribution in [2.45, 2.75) is 26.0 Å². The van der Waals surface area contributed by atoms with E-state index >= 15 is 0 Å². The molecule has 0 amide bonds. The third-order valence-electron chi connectivity index (χ3n) is 6.52. The van der Waals surface area contributed by atoms with Crippen molar-refractivity contribution < 1.29 is 14.6 Å². The summed E-state index contributed by atoms with van der Waals surface area (Å²) in [6, 6.07) is 28.2. The van der Waals surface area contributed by atoms with Crippen LogP contribution in [0.3, 0.4) is 0 Å². The van der Waals surface area contributed by atoms with Crippen molar-refractivity contribution in [3.05, 3.63) is 102 Å². The van der Waals surface area contributed by atoms with E-state index in [0.29, 0.717) is 13.1 Å². The average Bonchev–Trinajstić information content (AvgIpc) is 2.86. The van der Waals surface area contributed by atoms with Crippen LogP contribution in [0.2, 0.25) is 0 Å².